The number of aliphatic carboxylic acids is 2. The van der Waals surface area contributed by atoms with Crippen molar-refractivity contribution in [2.45, 2.75) is 19.0 Å². The number of rotatable bonds is 4. The summed E-state index contributed by atoms with van der Waals surface area (Å²) in [5, 5.41) is 19.1. The molecule has 3 rings (SSSR count). The lowest BCUT2D eigenvalue weighted by molar-refractivity contribution is -0.134. The molecule has 6 nitrogen and oxygen atoms in total. The second-order valence-corrected chi connectivity index (χ2v) is 5.47. The van der Waals surface area contributed by atoms with E-state index in [9.17, 15) is 14.0 Å². The SMILES string of the molecule is Fc1ccc(CC2NCCn3cccc32)cc1.O=C(O)/C=C\C(=O)O. The molecule has 0 saturated heterocycles. The first kappa shape index (κ1) is 18.4. The second kappa shape index (κ2) is 8.79. The number of carboxylic acids is 2. The van der Waals surface area contributed by atoms with E-state index >= 15 is 0 Å². The van der Waals surface area contributed by atoms with Crippen LogP contribution in [0.15, 0.2) is 54.7 Å². The van der Waals surface area contributed by atoms with Crippen LogP contribution < -0.4 is 5.32 Å². The van der Waals surface area contributed by atoms with Crippen LogP contribution in [-0.4, -0.2) is 33.3 Å². The van der Waals surface area contributed by atoms with Crippen molar-refractivity contribution in [3.63, 3.8) is 0 Å². The zero-order chi connectivity index (χ0) is 18.2. The number of hydrogen-bond acceptors (Lipinski definition) is 3. The third-order valence-electron chi connectivity index (χ3n) is 3.69. The van der Waals surface area contributed by atoms with E-state index < -0.39 is 11.9 Å². The molecule has 0 bridgehead atoms. The van der Waals surface area contributed by atoms with Gasteiger partial charge in [-0.2, -0.15) is 0 Å². The first-order valence-electron chi connectivity index (χ1n) is 7.72. The molecule has 1 atom stereocenters. The monoisotopic (exact) mass is 346 g/mol. The van der Waals surface area contributed by atoms with Gasteiger partial charge in [-0.3, -0.25) is 0 Å². The van der Waals surface area contributed by atoms with Crippen LogP contribution in [0.3, 0.4) is 0 Å². The topological polar surface area (TPSA) is 91.6 Å². The summed E-state index contributed by atoms with van der Waals surface area (Å²) in [5.41, 5.74) is 2.49. The molecule has 0 saturated carbocycles. The third-order valence-corrected chi connectivity index (χ3v) is 3.69. The summed E-state index contributed by atoms with van der Waals surface area (Å²) >= 11 is 0. The molecule has 2 heterocycles. The van der Waals surface area contributed by atoms with Gasteiger partial charge in [-0.25, -0.2) is 14.0 Å². The van der Waals surface area contributed by atoms with Gasteiger partial charge in [0.25, 0.3) is 0 Å². The Labute approximate surface area is 144 Å². The lowest BCUT2D eigenvalue weighted by Gasteiger charge is -2.26. The number of nitrogens with one attached hydrogen (secondary N) is 1. The number of nitrogens with zero attached hydrogens (tertiary/aromatic N) is 1. The van der Waals surface area contributed by atoms with Crippen molar-refractivity contribution in [2.75, 3.05) is 6.54 Å². The molecule has 1 aliphatic rings. The zero-order valence-electron chi connectivity index (χ0n) is 13.4. The van der Waals surface area contributed by atoms with E-state index in [1.807, 2.05) is 12.1 Å². The number of carbonyl (C=O) groups is 2. The van der Waals surface area contributed by atoms with E-state index in [0.717, 1.165) is 19.5 Å². The van der Waals surface area contributed by atoms with Crippen LogP contribution in [0.2, 0.25) is 0 Å². The minimum Gasteiger partial charge on any atom is -0.478 e. The Morgan fingerprint density at radius 3 is 2.40 bits per heavy atom. The van der Waals surface area contributed by atoms with Gasteiger partial charge in [0.2, 0.25) is 0 Å². The van der Waals surface area contributed by atoms with Crippen LogP contribution in [0.1, 0.15) is 17.3 Å². The Balaban J connectivity index is 0.000000242. The van der Waals surface area contributed by atoms with E-state index in [2.05, 4.69) is 28.2 Å². The van der Waals surface area contributed by atoms with Crippen molar-refractivity contribution >= 4 is 11.9 Å². The molecule has 25 heavy (non-hydrogen) atoms. The smallest absolute Gasteiger partial charge is 0.328 e. The van der Waals surface area contributed by atoms with Gasteiger partial charge >= 0.3 is 11.9 Å². The summed E-state index contributed by atoms with van der Waals surface area (Å²) in [6.45, 7) is 2.02. The fourth-order valence-corrected chi connectivity index (χ4v) is 2.59. The van der Waals surface area contributed by atoms with Gasteiger partial charge in [-0.1, -0.05) is 12.1 Å². The Morgan fingerprint density at radius 2 is 1.80 bits per heavy atom. The average Bonchev–Trinajstić information content (AvgIpc) is 3.05. The van der Waals surface area contributed by atoms with E-state index in [1.165, 1.54) is 23.4 Å². The van der Waals surface area contributed by atoms with Gasteiger partial charge in [-0.15, -0.1) is 0 Å². The van der Waals surface area contributed by atoms with Gasteiger partial charge in [-0.05, 0) is 36.2 Å². The van der Waals surface area contributed by atoms with Gasteiger partial charge in [0.1, 0.15) is 5.82 Å². The van der Waals surface area contributed by atoms with E-state index in [1.54, 1.807) is 0 Å². The molecule has 1 aromatic heterocycles. The van der Waals surface area contributed by atoms with Gasteiger partial charge in [0, 0.05) is 37.1 Å². The van der Waals surface area contributed by atoms with Gasteiger partial charge in [0.05, 0.1) is 6.04 Å². The van der Waals surface area contributed by atoms with E-state index in [0.29, 0.717) is 18.2 Å². The Bertz CT molecular complexity index is 737. The van der Waals surface area contributed by atoms with Crippen molar-refractivity contribution in [1.82, 2.24) is 9.88 Å². The molecule has 0 fully saturated rings. The standard InChI is InChI=1S/C14H15FN2.C4H4O4/c15-12-5-3-11(4-6-12)10-13-14-2-1-8-17(14)9-7-16-13;5-3(6)1-2-4(7)8/h1-6,8,13,16H,7,9-10H2;1-2H,(H,5,6)(H,7,8)/b;2-1-. The Morgan fingerprint density at radius 1 is 1.16 bits per heavy atom. The highest BCUT2D eigenvalue weighted by atomic mass is 19.1. The summed E-state index contributed by atoms with van der Waals surface area (Å²) < 4.78 is 15.1. The van der Waals surface area contributed by atoms with Crippen LogP contribution in [-0.2, 0) is 22.6 Å². The number of halogens is 1. The highest BCUT2D eigenvalue weighted by Gasteiger charge is 2.19. The molecule has 2 aromatic rings. The molecule has 1 aromatic carbocycles. The lowest BCUT2D eigenvalue weighted by atomic mass is 10.0. The van der Waals surface area contributed by atoms with Crippen LogP contribution in [0.5, 0.6) is 0 Å². The number of fused-ring (bicyclic) bond motifs is 1. The number of aromatic nitrogens is 1. The maximum Gasteiger partial charge on any atom is 0.328 e. The second-order valence-electron chi connectivity index (χ2n) is 5.47. The Hall–Kier alpha value is -2.93. The molecule has 1 aliphatic heterocycles. The van der Waals surface area contributed by atoms with Crippen LogP contribution in [0.25, 0.3) is 0 Å². The highest BCUT2D eigenvalue weighted by molar-refractivity contribution is 5.89. The van der Waals surface area contributed by atoms with E-state index in [-0.39, 0.29) is 5.82 Å². The largest absolute Gasteiger partial charge is 0.478 e. The van der Waals surface area contributed by atoms with Crippen LogP contribution in [0.4, 0.5) is 4.39 Å². The average molecular weight is 346 g/mol. The molecule has 132 valence electrons. The number of carboxylic acid groups (broad SMARTS) is 2. The number of benzene rings is 1. The summed E-state index contributed by atoms with van der Waals surface area (Å²) in [6, 6.07) is 11.3. The third kappa shape index (κ3) is 5.89. The fourth-order valence-electron chi connectivity index (χ4n) is 2.59. The highest BCUT2D eigenvalue weighted by Crippen LogP contribution is 2.22. The van der Waals surface area contributed by atoms with Crippen molar-refractivity contribution < 1.29 is 24.2 Å². The molecule has 0 radical (unpaired) electrons. The van der Waals surface area contributed by atoms with Gasteiger partial charge < -0.3 is 20.1 Å². The molecule has 1 unspecified atom stereocenters. The first-order chi connectivity index (χ1) is 12.0. The van der Waals surface area contributed by atoms with Crippen LogP contribution in [0, 0.1) is 5.82 Å². The van der Waals surface area contributed by atoms with Crippen LogP contribution >= 0.6 is 0 Å². The zero-order valence-corrected chi connectivity index (χ0v) is 13.4. The maximum atomic E-state index is 12.8. The molecule has 3 N–H and O–H groups in total. The molecule has 0 aliphatic carbocycles. The molecular weight excluding hydrogens is 327 g/mol. The Kier molecular flexibility index (Phi) is 6.47. The molecule has 7 heteroatoms. The first-order valence-corrected chi connectivity index (χ1v) is 7.72. The van der Waals surface area contributed by atoms with Gasteiger partial charge in [0.15, 0.2) is 0 Å². The quantitative estimate of drug-likeness (QED) is 0.739. The summed E-state index contributed by atoms with van der Waals surface area (Å²) in [4.78, 5) is 19.1. The van der Waals surface area contributed by atoms with Crippen molar-refractivity contribution in [3.05, 3.63) is 71.8 Å². The lowest BCUT2D eigenvalue weighted by Crippen LogP contribution is -2.33. The maximum absolute atomic E-state index is 12.8. The van der Waals surface area contributed by atoms with Crippen molar-refractivity contribution in [2.24, 2.45) is 0 Å². The summed E-state index contributed by atoms with van der Waals surface area (Å²) in [6.07, 6.45) is 4.14. The minimum absolute atomic E-state index is 0.172. The summed E-state index contributed by atoms with van der Waals surface area (Å²) in [5.74, 6) is -2.69. The molecule has 0 amide bonds. The van der Waals surface area contributed by atoms with Crippen molar-refractivity contribution in [3.8, 4) is 0 Å². The number of hydrogen-bond donors (Lipinski definition) is 3. The van der Waals surface area contributed by atoms with E-state index in [4.69, 9.17) is 10.2 Å². The fraction of sp³-hybridized carbons (Fsp3) is 0.222. The summed E-state index contributed by atoms with van der Waals surface area (Å²) in [7, 11) is 0. The molecular formula is C18H19FN2O4. The normalized spacial score (nSPS) is 16.0. The van der Waals surface area contributed by atoms with Crippen molar-refractivity contribution in [1.29, 1.82) is 0 Å². The molecule has 0 spiro atoms. The predicted molar refractivity (Wildman–Crippen MR) is 89.7 cm³/mol. The minimum atomic E-state index is -1.26. The predicted octanol–water partition coefficient (Wildman–Crippen LogP) is 2.23.